The maximum absolute atomic E-state index is 12.9. The standard InChI is InChI=1S/C16H13F3N2O2/c1-15(2)21-14(22-13-5-3-4-8-20-13)11-9-10(16(17,18)19)6-7-12(11)23-15/h3-9H,1-2H3. The largest absolute Gasteiger partial charge is 0.466 e. The molecule has 0 fully saturated rings. The van der Waals surface area contributed by atoms with Crippen LogP contribution in [0.3, 0.4) is 0 Å². The quantitative estimate of drug-likeness (QED) is 0.795. The average Bonchev–Trinajstić information content (AvgIpc) is 2.46. The summed E-state index contributed by atoms with van der Waals surface area (Å²) in [4.78, 5) is 8.24. The van der Waals surface area contributed by atoms with Crippen LogP contribution in [0.25, 0.3) is 0 Å². The zero-order valence-corrected chi connectivity index (χ0v) is 12.4. The Hall–Kier alpha value is -2.57. The van der Waals surface area contributed by atoms with Crippen LogP contribution in [0.2, 0.25) is 0 Å². The summed E-state index contributed by atoms with van der Waals surface area (Å²) in [5.74, 6) is 0.567. The Labute approximate surface area is 130 Å². The van der Waals surface area contributed by atoms with Gasteiger partial charge in [-0.3, -0.25) is 0 Å². The highest BCUT2D eigenvalue weighted by Crippen LogP contribution is 2.36. The van der Waals surface area contributed by atoms with Crippen LogP contribution < -0.4 is 9.47 Å². The number of nitrogens with zero attached hydrogens (tertiary/aromatic N) is 2. The van der Waals surface area contributed by atoms with Crippen LogP contribution in [0.1, 0.15) is 25.0 Å². The van der Waals surface area contributed by atoms with Gasteiger partial charge in [0.2, 0.25) is 11.8 Å². The number of aliphatic imine (C=N–C) groups is 1. The van der Waals surface area contributed by atoms with E-state index >= 15 is 0 Å². The van der Waals surface area contributed by atoms with E-state index in [1.165, 1.54) is 12.3 Å². The lowest BCUT2D eigenvalue weighted by molar-refractivity contribution is -0.137. The second-order valence-corrected chi connectivity index (χ2v) is 5.44. The van der Waals surface area contributed by atoms with Gasteiger partial charge in [0, 0.05) is 12.3 Å². The molecule has 3 rings (SSSR count). The Morgan fingerprint density at radius 3 is 2.57 bits per heavy atom. The summed E-state index contributed by atoms with van der Waals surface area (Å²) >= 11 is 0. The Morgan fingerprint density at radius 2 is 1.91 bits per heavy atom. The highest BCUT2D eigenvalue weighted by molar-refractivity contribution is 5.99. The normalized spacial score (nSPS) is 16.1. The Balaban J connectivity index is 2.06. The minimum absolute atomic E-state index is 0.0426. The molecular weight excluding hydrogens is 309 g/mol. The third-order valence-electron chi connectivity index (χ3n) is 3.11. The van der Waals surface area contributed by atoms with E-state index < -0.39 is 17.5 Å². The van der Waals surface area contributed by atoms with E-state index in [2.05, 4.69) is 9.98 Å². The zero-order chi connectivity index (χ0) is 16.7. The van der Waals surface area contributed by atoms with E-state index in [1.54, 1.807) is 32.0 Å². The van der Waals surface area contributed by atoms with Gasteiger partial charge in [0.25, 0.3) is 0 Å². The summed E-state index contributed by atoms with van der Waals surface area (Å²) < 4.78 is 50.0. The zero-order valence-electron chi connectivity index (χ0n) is 12.4. The van der Waals surface area contributed by atoms with Crippen LogP contribution in [0.4, 0.5) is 13.2 Å². The van der Waals surface area contributed by atoms with Crippen molar-refractivity contribution in [1.82, 2.24) is 4.98 Å². The van der Waals surface area contributed by atoms with E-state index in [1.807, 2.05) is 0 Å². The highest BCUT2D eigenvalue weighted by Gasteiger charge is 2.35. The number of aromatic nitrogens is 1. The molecule has 4 nitrogen and oxygen atoms in total. The first-order valence-electron chi connectivity index (χ1n) is 6.84. The fourth-order valence-electron chi connectivity index (χ4n) is 2.14. The maximum Gasteiger partial charge on any atom is 0.416 e. The Kier molecular flexibility index (Phi) is 3.50. The van der Waals surface area contributed by atoms with Crippen LogP contribution in [-0.2, 0) is 6.18 Å². The predicted molar refractivity (Wildman–Crippen MR) is 77.6 cm³/mol. The van der Waals surface area contributed by atoms with Crippen molar-refractivity contribution in [2.45, 2.75) is 25.7 Å². The third-order valence-corrected chi connectivity index (χ3v) is 3.11. The summed E-state index contributed by atoms with van der Waals surface area (Å²) in [6, 6.07) is 8.22. The number of pyridine rings is 1. The van der Waals surface area contributed by atoms with E-state index in [0.29, 0.717) is 0 Å². The van der Waals surface area contributed by atoms with Crippen molar-refractivity contribution in [1.29, 1.82) is 0 Å². The van der Waals surface area contributed by atoms with Crippen molar-refractivity contribution in [2.24, 2.45) is 4.99 Å². The first-order valence-corrected chi connectivity index (χ1v) is 6.84. The molecule has 2 heterocycles. The van der Waals surface area contributed by atoms with Gasteiger partial charge in [0.15, 0.2) is 5.72 Å². The number of benzene rings is 1. The molecule has 2 aromatic rings. The number of rotatable bonds is 1. The van der Waals surface area contributed by atoms with Gasteiger partial charge in [0.05, 0.1) is 11.1 Å². The lowest BCUT2D eigenvalue weighted by Gasteiger charge is -2.29. The molecule has 0 saturated carbocycles. The van der Waals surface area contributed by atoms with Gasteiger partial charge in [-0.25, -0.2) is 9.98 Å². The fourth-order valence-corrected chi connectivity index (χ4v) is 2.14. The molecule has 0 radical (unpaired) electrons. The minimum atomic E-state index is -4.46. The summed E-state index contributed by atoms with van der Waals surface area (Å²) in [5, 5.41) is 0. The van der Waals surface area contributed by atoms with Crippen LogP contribution in [0.5, 0.6) is 11.6 Å². The molecule has 0 aliphatic carbocycles. The van der Waals surface area contributed by atoms with Gasteiger partial charge < -0.3 is 9.47 Å². The minimum Gasteiger partial charge on any atom is -0.466 e. The van der Waals surface area contributed by atoms with Crippen LogP contribution in [0, 0.1) is 0 Å². The molecule has 120 valence electrons. The van der Waals surface area contributed by atoms with Gasteiger partial charge in [0.1, 0.15) is 5.75 Å². The van der Waals surface area contributed by atoms with Crippen molar-refractivity contribution in [3.05, 3.63) is 53.7 Å². The lowest BCUT2D eigenvalue weighted by atomic mass is 10.1. The molecule has 1 aliphatic rings. The third kappa shape index (κ3) is 3.28. The molecule has 1 aromatic heterocycles. The van der Waals surface area contributed by atoms with Gasteiger partial charge in [-0.2, -0.15) is 13.2 Å². The van der Waals surface area contributed by atoms with Crippen molar-refractivity contribution in [3.8, 4) is 11.6 Å². The van der Waals surface area contributed by atoms with Gasteiger partial charge in [-0.05, 0) is 38.1 Å². The SMILES string of the molecule is CC1(C)N=C(Oc2ccccn2)c2cc(C(F)(F)F)ccc2O1. The average molecular weight is 322 g/mol. The van der Waals surface area contributed by atoms with Crippen molar-refractivity contribution < 1.29 is 22.6 Å². The molecule has 7 heteroatoms. The van der Waals surface area contributed by atoms with Gasteiger partial charge in [-0.1, -0.05) is 6.07 Å². The molecule has 0 saturated heterocycles. The molecule has 1 aromatic carbocycles. The van der Waals surface area contributed by atoms with Crippen LogP contribution in [0.15, 0.2) is 47.6 Å². The molecular formula is C16H13F3N2O2. The summed E-state index contributed by atoms with van der Waals surface area (Å²) in [6.45, 7) is 3.38. The summed E-state index contributed by atoms with van der Waals surface area (Å²) in [6.07, 6.45) is -2.94. The number of hydrogen-bond donors (Lipinski definition) is 0. The van der Waals surface area contributed by atoms with Crippen LogP contribution >= 0.6 is 0 Å². The fraction of sp³-hybridized carbons (Fsp3) is 0.250. The maximum atomic E-state index is 12.9. The van der Waals surface area contributed by atoms with E-state index in [0.717, 1.165) is 12.1 Å². The molecule has 0 N–H and O–H groups in total. The summed E-state index contributed by atoms with van der Waals surface area (Å²) in [5.41, 5.74) is -1.60. The van der Waals surface area contributed by atoms with Crippen molar-refractivity contribution in [3.63, 3.8) is 0 Å². The van der Waals surface area contributed by atoms with E-state index in [-0.39, 0.29) is 23.1 Å². The second kappa shape index (κ2) is 5.26. The first-order chi connectivity index (χ1) is 10.7. The molecule has 0 atom stereocenters. The number of alkyl halides is 3. The molecule has 0 bridgehead atoms. The molecule has 23 heavy (non-hydrogen) atoms. The molecule has 1 aliphatic heterocycles. The Bertz CT molecular complexity index is 756. The number of halogens is 3. The summed E-state index contributed by atoms with van der Waals surface area (Å²) in [7, 11) is 0. The number of fused-ring (bicyclic) bond motifs is 1. The lowest BCUT2D eigenvalue weighted by Crippen LogP contribution is -2.34. The van der Waals surface area contributed by atoms with E-state index in [4.69, 9.17) is 9.47 Å². The molecule has 0 unspecified atom stereocenters. The first kappa shape index (κ1) is 15.3. The predicted octanol–water partition coefficient (Wildman–Crippen LogP) is 4.05. The monoisotopic (exact) mass is 322 g/mol. The second-order valence-electron chi connectivity index (χ2n) is 5.44. The number of hydrogen-bond acceptors (Lipinski definition) is 4. The van der Waals surface area contributed by atoms with E-state index in [9.17, 15) is 13.2 Å². The highest BCUT2D eigenvalue weighted by atomic mass is 19.4. The van der Waals surface area contributed by atoms with Crippen molar-refractivity contribution >= 4 is 5.90 Å². The topological polar surface area (TPSA) is 43.7 Å². The number of ether oxygens (including phenoxy) is 2. The molecule has 0 spiro atoms. The Morgan fingerprint density at radius 1 is 1.13 bits per heavy atom. The van der Waals surface area contributed by atoms with Crippen LogP contribution in [-0.4, -0.2) is 16.6 Å². The van der Waals surface area contributed by atoms with Gasteiger partial charge in [-0.15, -0.1) is 0 Å². The molecule has 0 amide bonds. The van der Waals surface area contributed by atoms with Crippen molar-refractivity contribution in [2.75, 3.05) is 0 Å². The smallest absolute Gasteiger partial charge is 0.416 e. The van der Waals surface area contributed by atoms with Gasteiger partial charge >= 0.3 is 6.18 Å².